The van der Waals surface area contributed by atoms with Crippen molar-refractivity contribution in [3.05, 3.63) is 12.2 Å². The fraction of sp³-hybridized carbons (Fsp3) is 0.778. The molecule has 1 aliphatic heterocycles. The number of aromatic nitrogens is 3. The molecule has 0 atom stereocenters. The van der Waals surface area contributed by atoms with Crippen molar-refractivity contribution in [1.29, 1.82) is 0 Å². The van der Waals surface area contributed by atoms with Gasteiger partial charge in [0.25, 0.3) is 0 Å². The number of ether oxygens (including phenoxy) is 1. The highest BCUT2D eigenvalue weighted by Crippen LogP contribution is 2.19. The molecule has 1 aliphatic rings. The maximum absolute atomic E-state index is 5.08. The summed E-state index contributed by atoms with van der Waals surface area (Å²) in [5, 5.41) is 11.3. The number of piperidine rings is 1. The predicted molar refractivity (Wildman–Crippen MR) is 66.4 cm³/mol. The average Bonchev–Trinajstić information content (AvgIpc) is 2.68. The average molecular weight is 269 g/mol. The molecule has 0 saturated carbocycles. The maximum Gasteiger partial charge on any atom is 0.159 e. The van der Waals surface area contributed by atoms with Gasteiger partial charge < -0.3 is 14.6 Å². The van der Waals surface area contributed by atoms with Crippen LogP contribution in [0.3, 0.4) is 0 Å². The number of nitrogens with zero attached hydrogens (tertiary/aromatic N) is 3. The Labute approximate surface area is 108 Å². The van der Waals surface area contributed by atoms with Crippen LogP contribution in [0.5, 0.6) is 0 Å². The van der Waals surface area contributed by atoms with Gasteiger partial charge in [0.15, 0.2) is 5.82 Å². The van der Waals surface area contributed by atoms with Gasteiger partial charge in [-0.2, -0.15) is 0 Å². The van der Waals surface area contributed by atoms with Crippen molar-refractivity contribution in [3.8, 4) is 0 Å². The predicted octanol–water partition coefficient (Wildman–Crippen LogP) is 1.19. The molecule has 94 valence electrons. The first-order chi connectivity index (χ1) is 6.92. The third kappa shape index (κ3) is 3.59. The molecule has 1 N–H and O–H groups in total. The van der Waals surface area contributed by atoms with Gasteiger partial charge in [0.1, 0.15) is 12.9 Å². The molecule has 1 aromatic rings. The lowest BCUT2D eigenvalue weighted by Crippen LogP contribution is -2.30. The molecule has 0 aliphatic carbocycles. The van der Waals surface area contributed by atoms with Gasteiger partial charge in [-0.1, -0.05) is 0 Å². The molecule has 1 fully saturated rings. The van der Waals surface area contributed by atoms with Crippen molar-refractivity contribution in [2.75, 3.05) is 20.2 Å². The fourth-order valence-corrected chi connectivity index (χ4v) is 1.89. The molecule has 16 heavy (non-hydrogen) atoms. The van der Waals surface area contributed by atoms with E-state index in [-0.39, 0.29) is 24.8 Å². The Morgan fingerprint density at radius 3 is 2.75 bits per heavy atom. The zero-order valence-corrected chi connectivity index (χ0v) is 10.9. The molecule has 0 unspecified atom stereocenters. The first kappa shape index (κ1) is 15.6. The van der Waals surface area contributed by atoms with E-state index in [1.807, 2.05) is 6.33 Å². The molecule has 0 radical (unpaired) electrons. The van der Waals surface area contributed by atoms with Crippen LogP contribution in [0.15, 0.2) is 6.33 Å². The van der Waals surface area contributed by atoms with Gasteiger partial charge in [-0.3, -0.25) is 0 Å². The minimum Gasteiger partial charge on any atom is -0.377 e. The molecule has 0 amide bonds. The Morgan fingerprint density at radius 2 is 2.12 bits per heavy atom. The number of rotatable bonds is 3. The SMILES string of the molecule is COCc1nncn1C1CCNCC1.Cl.Cl. The van der Waals surface area contributed by atoms with Gasteiger partial charge in [-0.05, 0) is 25.9 Å². The molecule has 1 aromatic heterocycles. The van der Waals surface area contributed by atoms with Gasteiger partial charge in [-0.25, -0.2) is 0 Å². The molecule has 5 nitrogen and oxygen atoms in total. The molecule has 1 saturated heterocycles. The van der Waals surface area contributed by atoms with Crippen LogP contribution in [-0.4, -0.2) is 35.0 Å². The largest absolute Gasteiger partial charge is 0.377 e. The summed E-state index contributed by atoms with van der Waals surface area (Å²) in [7, 11) is 1.68. The van der Waals surface area contributed by atoms with Crippen LogP contribution in [-0.2, 0) is 11.3 Å². The normalized spacial score (nSPS) is 16.3. The van der Waals surface area contributed by atoms with Crippen LogP contribution in [0, 0.1) is 0 Å². The number of methoxy groups -OCH3 is 1. The summed E-state index contributed by atoms with van der Waals surface area (Å²) in [5.41, 5.74) is 0. The zero-order valence-electron chi connectivity index (χ0n) is 9.26. The van der Waals surface area contributed by atoms with Crippen LogP contribution in [0.1, 0.15) is 24.7 Å². The quantitative estimate of drug-likeness (QED) is 0.895. The van der Waals surface area contributed by atoms with E-state index in [4.69, 9.17) is 4.74 Å². The van der Waals surface area contributed by atoms with Gasteiger partial charge in [0.2, 0.25) is 0 Å². The summed E-state index contributed by atoms with van der Waals surface area (Å²) in [6.07, 6.45) is 4.11. The molecule has 7 heteroatoms. The second-order valence-electron chi connectivity index (χ2n) is 3.57. The molecular weight excluding hydrogens is 251 g/mol. The van der Waals surface area contributed by atoms with Crippen LogP contribution in [0.2, 0.25) is 0 Å². The van der Waals surface area contributed by atoms with E-state index >= 15 is 0 Å². The van der Waals surface area contributed by atoms with Crippen molar-refractivity contribution in [3.63, 3.8) is 0 Å². The van der Waals surface area contributed by atoms with Crippen LogP contribution in [0.25, 0.3) is 0 Å². The molecule has 0 spiro atoms. The summed E-state index contributed by atoms with van der Waals surface area (Å²) < 4.78 is 7.22. The molecule has 2 heterocycles. The van der Waals surface area contributed by atoms with Crippen molar-refractivity contribution in [1.82, 2.24) is 20.1 Å². The molecular formula is C9H18Cl2N4O. The van der Waals surface area contributed by atoms with Gasteiger partial charge in [0, 0.05) is 13.2 Å². The highest BCUT2D eigenvalue weighted by Gasteiger charge is 2.17. The van der Waals surface area contributed by atoms with Gasteiger partial charge in [0.05, 0.1) is 0 Å². The first-order valence-electron chi connectivity index (χ1n) is 5.00. The molecule has 2 rings (SSSR count). The Morgan fingerprint density at radius 1 is 1.44 bits per heavy atom. The van der Waals surface area contributed by atoms with E-state index in [0.29, 0.717) is 12.6 Å². The van der Waals surface area contributed by atoms with Crippen molar-refractivity contribution in [2.24, 2.45) is 0 Å². The van der Waals surface area contributed by atoms with E-state index in [1.165, 1.54) is 0 Å². The summed E-state index contributed by atoms with van der Waals surface area (Å²) in [6.45, 7) is 2.70. The van der Waals surface area contributed by atoms with Crippen molar-refractivity contribution >= 4 is 24.8 Å². The van der Waals surface area contributed by atoms with Crippen LogP contribution >= 0.6 is 24.8 Å². The Bertz CT molecular complexity index is 289. The zero-order chi connectivity index (χ0) is 9.80. The lowest BCUT2D eigenvalue weighted by atomic mass is 10.1. The number of halogens is 2. The summed E-state index contributed by atoms with van der Waals surface area (Å²) in [6, 6.07) is 0.538. The van der Waals surface area contributed by atoms with Gasteiger partial charge >= 0.3 is 0 Å². The third-order valence-electron chi connectivity index (χ3n) is 2.62. The smallest absolute Gasteiger partial charge is 0.159 e. The van der Waals surface area contributed by atoms with Gasteiger partial charge in [-0.15, -0.1) is 35.0 Å². The summed E-state index contributed by atoms with van der Waals surface area (Å²) in [5.74, 6) is 0.930. The van der Waals surface area contributed by atoms with E-state index < -0.39 is 0 Å². The van der Waals surface area contributed by atoms with Crippen molar-refractivity contribution < 1.29 is 4.74 Å². The van der Waals surface area contributed by atoms with Crippen LogP contribution < -0.4 is 5.32 Å². The Kier molecular flexibility index (Phi) is 7.66. The van der Waals surface area contributed by atoms with E-state index in [1.54, 1.807) is 7.11 Å². The standard InChI is InChI=1S/C9H16N4O.2ClH/c1-14-6-9-12-11-7-13(9)8-2-4-10-5-3-8;;/h7-8,10H,2-6H2,1H3;2*1H. The molecule has 0 aromatic carbocycles. The fourth-order valence-electron chi connectivity index (χ4n) is 1.89. The minimum atomic E-state index is 0. The number of hydrogen-bond donors (Lipinski definition) is 1. The molecule has 0 bridgehead atoms. The Balaban J connectivity index is 0.00000112. The van der Waals surface area contributed by atoms with Crippen LogP contribution in [0.4, 0.5) is 0 Å². The highest BCUT2D eigenvalue weighted by atomic mass is 35.5. The van der Waals surface area contributed by atoms with E-state index in [0.717, 1.165) is 31.8 Å². The first-order valence-corrected chi connectivity index (χ1v) is 5.00. The summed E-state index contributed by atoms with van der Waals surface area (Å²) >= 11 is 0. The number of hydrogen-bond acceptors (Lipinski definition) is 4. The lowest BCUT2D eigenvalue weighted by Gasteiger charge is -2.24. The van der Waals surface area contributed by atoms with Crippen molar-refractivity contribution in [2.45, 2.75) is 25.5 Å². The van der Waals surface area contributed by atoms with E-state index in [9.17, 15) is 0 Å². The topological polar surface area (TPSA) is 52.0 Å². The third-order valence-corrected chi connectivity index (χ3v) is 2.62. The lowest BCUT2D eigenvalue weighted by molar-refractivity contribution is 0.170. The second kappa shape index (κ2) is 7.84. The second-order valence-corrected chi connectivity index (χ2v) is 3.57. The van der Waals surface area contributed by atoms with E-state index in [2.05, 4.69) is 20.1 Å². The summed E-state index contributed by atoms with van der Waals surface area (Å²) in [4.78, 5) is 0. The number of nitrogens with one attached hydrogen (secondary N) is 1. The monoisotopic (exact) mass is 268 g/mol. The highest BCUT2D eigenvalue weighted by molar-refractivity contribution is 5.85. The maximum atomic E-state index is 5.08. The minimum absolute atomic E-state index is 0. The Hall–Kier alpha value is -0.360.